The van der Waals surface area contributed by atoms with E-state index in [4.69, 9.17) is 9.26 Å². The minimum atomic E-state index is -0.467. The Hall–Kier alpha value is -3.37. The Morgan fingerprint density at radius 1 is 1.22 bits per heavy atom. The Labute approximate surface area is 213 Å². The van der Waals surface area contributed by atoms with Crippen molar-refractivity contribution < 1.29 is 14.1 Å². The average molecular weight is 489 g/mol. The van der Waals surface area contributed by atoms with Gasteiger partial charge in [0.15, 0.2) is 5.58 Å². The first-order chi connectivity index (χ1) is 17.1. The number of fused-ring (bicyclic) bond motifs is 1. The maximum absolute atomic E-state index is 12.3. The summed E-state index contributed by atoms with van der Waals surface area (Å²) in [5.74, 6) is 0.546. The fourth-order valence-corrected chi connectivity index (χ4v) is 4.86. The van der Waals surface area contributed by atoms with Crippen LogP contribution in [0.15, 0.2) is 40.9 Å². The molecule has 0 atom stereocenters. The van der Waals surface area contributed by atoms with Crippen molar-refractivity contribution >= 4 is 17.1 Å². The quantitative estimate of drug-likeness (QED) is 0.423. The molecule has 1 aromatic heterocycles. The number of aryl methyl sites for hydroxylation is 1. The number of amides is 1. The van der Waals surface area contributed by atoms with Crippen LogP contribution in [0, 0.1) is 17.2 Å². The van der Waals surface area contributed by atoms with E-state index in [2.05, 4.69) is 28.3 Å². The van der Waals surface area contributed by atoms with Crippen molar-refractivity contribution in [2.75, 3.05) is 27.2 Å². The normalized spacial score (nSPS) is 14.9. The molecule has 1 fully saturated rings. The Morgan fingerprint density at radius 3 is 2.64 bits per heavy atom. The molecule has 3 aromatic rings. The van der Waals surface area contributed by atoms with Crippen LogP contribution >= 0.6 is 0 Å². The first-order valence-electron chi connectivity index (χ1n) is 12.7. The summed E-state index contributed by atoms with van der Waals surface area (Å²) in [6.45, 7) is 7.87. The second-order valence-corrected chi connectivity index (χ2v) is 11.0. The zero-order valence-corrected chi connectivity index (χ0v) is 22.0. The zero-order valence-electron chi connectivity index (χ0n) is 22.0. The van der Waals surface area contributed by atoms with Crippen LogP contribution in [-0.4, -0.2) is 53.8 Å². The lowest BCUT2D eigenvalue weighted by Crippen LogP contribution is -2.41. The molecule has 7 heteroatoms. The number of hydrogen-bond donors (Lipinski definition) is 0. The van der Waals surface area contributed by atoms with Gasteiger partial charge in [0.05, 0.1) is 17.3 Å². The molecule has 0 bridgehead atoms. The molecule has 0 saturated carbocycles. The van der Waals surface area contributed by atoms with Crippen LogP contribution in [0.5, 0.6) is 0 Å². The van der Waals surface area contributed by atoms with E-state index < -0.39 is 5.60 Å². The number of likely N-dealkylation sites (tertiary alicyclic amines) is 1. The fraction of sp³-hybridized carbons (Fsp3) is 0.483. The van der Waals surface area contributed by atoms with E-state index >= 15 is 0 Å². The van der Waals surface area contributed by atoms with Gasteiger partial charge in [-0.15, -0.1) is 0 Å². The van der Waals surface area contributed by atoms with Crippen LogP contribution in [0.3, 0.4) is 0 Å². The number of rotatable bonds is 6. The van der Waals surface area contributed by atoms with E-state index in [0.717, 1.165) is 72.1 Å². The summed E-state index contributed by atoms with van der Waals surface area (Å²) >= 11 is 0. The molecule has 0 aliphatic carbocycles. The van der Waals surface area contributed by atoms with Gasteiger partial charge in [-0.05, 0) is 95.8 Å². The summed E-state index contributed by atoms with van der Waals surface area (Å²) in [6, 6.07) is 14.1. The van der Waals surface area contributed by atoms with Crippen molar-refractivity contribution in [2.45, 2.75) is 58.6 Å². The van der Waals surface area contributed by atoms with Crippen molar-refractivity contribution in [3.05, 3.63) is 53.2 Å². The molecule has 1 aliphatic rings. The highest BCUT2D eigenvalue weighted by atomic mass is 16.6. The van der Waals surface area contributed by atoms with Crippen LogP contribution < -0.4 is 0 Å². The Balaban J connectivity index is 1.48. The van der Waals surface area contributed by atoms with Crippen molar-refractivity contribution in [3.63, 3.8) is 0 Å². The van der Waals surface area contributed by atoms with Crippen LogP contribution in [0.1, 0.15) is 56.9 Å². The molecule has 2 heterocycles. The van der Waals surface area contributed by atoms with Gasteiger partial charge in [-0.1, -0.05) is 23.4 Å². The van der Waals surface area contributed by atoms with Gasteiger partial charge in [-0.2, -0.15) is 5.26 Å². The minimum Gasteiger partial charge on any atom is -0.444 e. The van der Waals surface area contributed by atoms with Crippen LogP contribution in [-0.2, 0) is 17.7 Å². The minimum absolute atomic E-state index is 0.215. The lowest BCUT2D eigenvalue weighted by molar-refractivity contribution is 0.0181. The molecular weight excluding hydrogens is 452 g/mol. The van der Waals surface area contributed by atoms with Gasteiger partial charge >= 0.3 is 6.09 Å². The number of benzene rings is 2. The molecule has 2 aromatic carbocycles. The molecule has 1 saturated heterocycles. The molecule has 0 N–H and O–H groups in total. The molecule has 0 radical (unpaired) electrons. The number of nitriles is 1. The summed E-state index contributed by atoms with van der Waals surface area (Å²) in [4.78, 5) is 16.3. The van der Waals surface area contributed by atoms with Gasteiger partial charge in [-0.3, -0.25) is 0 Å². The number of carbonyl (C=O) groups is 1. The Bertz CT molecular complexity index is 1260. The van der Waals surface area contributed by atoms with Gasteiger partial charge < -0.3 is 19.1 Å². The summed E-state index contributed by atoms with van der Waals surface area (Å²) in [5, 5.41) is 14.9. The lowest BCUT2D eigenvalue weighted by atomic mass is 9.90. The summed E-state index contributed by atoms with van der Waals surface area (Å²) in [5.41, 5.74) is 5.12. The molecule has 36 heavy (non-hydrogen) atoms. The van der Waals surface area contributed by atoms with Crippen LogP contribution in [0.25, 0.3) is 22.1 Å². The maximum atomic E-state index is 12.3. The fourth-order valence-electron chi connectivity index (χ4n) is 4.86. The standard InChI is InChI=1S/C29H36N4O3/c1-29(2,3)35-28(34)33-15-13-20(14-16-33)9-12-26-24-11-10-23(22-8-6-7-21(17-22)18-30)25(19-32(4)5)27(24)36-31-26/h6-8,10-11,17,20H,9,12-16,19H2,1-5H3. The summed E-state index contributed by atoms with van der Waals surface area (Å²) in [6.07, 6.45) is 3.58. The lowest BCUT2D eigenvalue weighted by Gasteiger charge is -2.33. The smallest absolute Gasteiger partial charge is 0.410 e. The third kappa shape index (κ3) is 6.06. The van der Waals surface area contributed by atoms with Crippen LogP contribution in [0.4, 0.5) is 4.79 Å². The molecule has 0 unspecified atom stereocenters. The average Bonchev–Trinajstić information content (AvgIpc) is 3.25. The highest BCUT2D eigenvalue weighted by molar-refractivity contribution is 5.89. The molecule has 1 amide bonds. The first kappa shape index (κ1) is 25.7. The van der Waals surface area contributed by atoms with Crippen molar-refractivity contribution in [2.24, 2.45) is 5.92 Å². The van der Waals surface area contributed by atoms with E-state index in [-0.39, 0.29) is 6.09 Å². The zero-order chi connectivity index (χ0) is 25.9. The maximum Gasteiger partial charge on any atom is 0.410 e. The molecule has 0 spiro atoms. The van der Waals surface area contributed by atoms with Crippen molar-refractivity contribution in [3.8, 4) is 17.2 Å². The number of nitrogens with zero attached hydrogens (tertiary/aromatic N) is 4. The Morgan fingerprint density at radius 2 is 1.97 bits per heavy atom. The number of ether oxygens (including phenoxy) is 1. The van der Waals surface area contributed by atoms with Gasteiger partial charge in [-0.25, -0.2) is 4.79 Å². The van der Waals surface area contributed by atoms with Crippen molar-refractivity contribution in [1.82, 2.24) is 15.0 Å². The molecule has 190 valence electrons. The predicted octanol–water partition coefficient (Wildman–Crippen LogP) is 6.01. The molecule has 1 aliphatic heterocycles. The van der Waals surface area contributed by atoms with Gasteiger partial charge in [0.25, 0.3) is 0 Å². The van der Waals surface area contributed by atoms with Crippen molar-refractivity contribution in [1.29, 1.82) is 5.26 Å². The van der Waals surface area contributed by atoms with E-state index in [0.29, 0.717) is 18.0 Å². The Kier molecular flexibility index (Phi) is 7.65. The third-order valence-electron chi connectivity index (χ3n) is 6.65. The van der Waals surface area contributed by atoms with E-state index in [1.54, 1.807) is 0 Å². The van der Waals surface area contributed by atoms with Gasteiger partial charge in [0.2, 0.25) is 0 Å². The summed E-state index contributed by atoms with van der Waals surface area (Å²) in [7, 11) is 4.07. The monoisotopic (exact) mass is 488 g/mol. The van der Waals surface area contributed by atoms with Crippen LogP contribution in [0.2, 0.25) is 0 Å². The van der Waals surface area contributed by atoms with E-state index in [1.807, 2.05) is 64.0 Å². The van der Waals surface area contributed by atoms with Gasteiger partial charge in [0.1, 0.15) is 5.60 Å². The highest BCUT2D eigenvalue weighted by Gasteiger charge is 2.27. The summed E-state index contributed by atoms with van der Waals surface area (Å²) < 4.78 is 11.4. The third-order valence-corrected chi connectivity index (χ3v) is 6.65. The van der Waals surface area contributed by atoms with E-state index in [1.165, 1.54) is 0 Å². The number of hydrogen-bond acceptors (Lipinski definition) is 6. The predicted molar refractivity (Wildman–Crippen MR) is 140 cm³/mol. The second kappa shape index (κ2) is 10.7. The largest absolute Gasteiger partial charge is 0.444 e. The van der Waals surface area contributed by atoms with Gasteiger partial charge in [0, 0.05) is 30.6 Å². The topological polar surface area (TPSA) is 82.6 Å². The molecule has 7 nitrogen and oxygen atoms in total. The SMILES string of the molecule is CN(C)Cc1c(-c2cccc(C#N)c2)ccc2c(CCC3CCN(C(=O)OC(C)(C)C)CC3)noc12. The second-order valence-electron chi connectivity index (χ2n) is 11.0. The highest BCUT2D eigenvalue weighted by Crippen LogP contribution is 2.34. The molecular formula is C29H36N4O3. The molecule has 4 rings (SSSR count). The van der Waals surface area contributed by atoms with E-state index in [9.17, 15) is 10.1 Å². The first-order valence-corrected chi connectivity index (χ1v) is 12.7. The number of piperidine rings is 1. The number of aromatic nitrogens is 1. The number of carbonyl (C=O) groups excluding carboxylic acids is 1.